The van der Waals surface area contributed by atoms with Gasteiger partial charge in [-0.1, -0.05) is 0 Å². The van der Waals surface area contributed by atoms with Crippen molar-refractivity contribution in [2.24, 2.45) is 0 Å². The molecule has 1 rings (SSSR count). The van der Waals surface area contributed by atoms with Gasteiger partial charge in [0.2, 0.25) is 17.2 Å². The average molecular weight is 300 g/mol. The fourth-order valence-electron chi connectivity index (χ4n) is 1.85. The highest BCUT2D eigenvalue weighted by atomic mass is 16.7. The van der Waals surface area contributed by atoms with E-state index >= 15 is 0 Å². The van der Waals surface area contributed by atoms with Gasteiger partial charge in [0, 0.05) is 5.56 Å². The highest BCUT2D eigenvalue weighted by Gasteiger charge is 2.27. The predicted molar refractivity (Wildman–Crippen MR) is 75.0 cm³/mol. The van der Waals surface area contributed by atoms with E-state index in [1.54, 1.807) is 27.7 Å². The van der Waals surface area contributed by atoms with Crippen LogP contribution in [0.4, 0.5) is 4.79 Å². The Labute approximate surface area is 123 Å². The van der Waals surface area contributed by atoms with Crippen molar-refractivity contribution in [2.45, 2.75) is 27.7 Å². The molecule has 0 heterocycles. The lowest BCUT2D eigenvalue weighted by molar-refractivity contribution is 0.141. The summed E-state index contributed by atoms with van der Waals surface area (Å²) in [6, 6.07) is 0. The summed E-state index contributed by atoms with van der Waals surface area (Å²) in [4.78, 5) is 10.8. The van der Waals surface area contributed by atoms with Crippen LogP contribution < -0.4 is 18.9 Å². The Morgan fingerprint density at radius 3 is 1.86 bits per heavy atom. The van der Waals surface area contributed by atoms with Crippen LogP contribution in [0.1, 0.15) is 26.3 Å². The standard InChI is InChI=1S/C14H20O7/c1-5-18-11-8(4)10(21-14(16)17)9(15)12(19-6-2)13(11)20-7-3/h15H,5-7H2,1-4H3,(H,16,17). The molecule has 0 saturated heterocycles. The van der Waals surface area contributed by atoms with Crippen molar-refractivity contribution in [2.75, 3.05) is 19.8 Å². The Kier molecular flexibility index (Phi) is 5.95. The average Bonchev–Trinajstić information content (AvgIpc) is 2.43. The fourth-order valence-corrected chi connectivity index (χ4v) is 1.85. The SMILES string of the molecule is CCOc1c(C)c(OC(=O)O)c(O)c(OCC)c1OCC. The molecule has 0 saturated carbocycles. The zero-order valence-electron chi connectivity index (χ0n) is 12.6. The van der Waals surface area contributed by atoms with Crippen LogP contribution in [0.25, 0.3) is 0 Å². The maximum absolute atomic E-state index is 10.8. The number of carboxylic acid groups (broad SMARTS) is 1. The van der Waals surface area contributed by atoms with Gasteiger partial charge in [-0.2, -0.15) is 0 Å². The van der Waals surface area contributed by atoms with Gasteiger partial charge >= 0.3 is 6.16 Å². The second kappa shape index (κ2) is 7.47. The smallest absolute Gasteiger partial charge is 0.502 e. The molecule has 2 N–H and O–H groups in total. The third-order valence-corrected chi connectivity index (χ3v) is 2.58. The second-order valence-electron chi connectivity index (χ2n) is 3.96. The number of rotatable bonds is 7. The van der Waals surface area contributed by atoms with Gasteiger partial charge in [-0.3, -0.25) is 0 Å². The lowest BCUT2D eigenvalue weighted by atomic mass is 10.1. The van der Waals surface area contributed by atoms with E-state index in [2.05, 4.69) is 4.74 Å². The molecule has 0 fully saturated rings. The first-order valence-corrected chi connectivity index (χ1v) is 6.66. The Bertz CT molecular complexity index is 478. The van der Waals surface area contributed by atoms with Gasteiger partial charge in [-0.15, -0.1) is 0 Å². The van der Waals surface area contributed by atoms with Crippen LogP contribution in [-0.4, -0.2) is 36.2 Å². The van der Waals surface area contributed by atoms with E-state index in [4.69, 9.17) is 19.3 Å². The van der Waals surface area contributed by atoms with Crippen LogP contribution in [0.15, 0.2) is 0 Å². The van der Waals surface area contributed by atoms with Crippen molar-refractivity contribution >= 4 is 6.16 Å². The molecule has 0 aliphatic rings. The lowest BCUT2D eigenvalue weighted by Crippen LogP contribution is -2.09. The number of phenolic OH excluding ortho intramolecular Hbond substituents is 1. The molecule has 7 nitrogen and oxygen atoms in total. The van der Waals surface area contributed by atoms with Gasteiger partial charge in [0.25, 0.3) is 0 Å². The molecule has 0 aromatic heterocycles. The maximum Gasteiger partial charge on any atom is 0.511 e. The molecule has 0 atom stereocenters. The summed E-state index contributed by atoms with van der Waals surface area (Å²) in [5.74, 6) is -0.128. The third kappa shape index (κ3) is 3.62. The molecule has 21 heavy (non-hydrogen) atoms. The zero-order chi connectivity index (χ0) is 16.0. The van der Waals surface area contributed by atoms with Crippen LogP contribution in [0, 0.1) is 6.92 Å². The van der Waals surface area contributed by atoms with E-state index in [0.29, 0.717) is 18.8 Å². The van der Waals surface area contributed by atoms with Crippen molar-refractivity contribution in [1.29, 1.82) is 0 Å². The summed E-state index contributed by atoms with van der Waals surface area (Å²) in [7, 11) is 0. The van der Waals surface area contributed by atoms with Crippen LogP contribution in [-0.2, 0) is 0 Å². The first-order valence-electron chi connectivity index (χ1n) is 6.66. The number of phenols is 1. The molecule has 0 bridgehead atoms. The minimum absolute atomic E-state index is 0.00431. The van der Waals surface area contributed by atoms with Crippen LogP contribution in [0.2, 0.25) is 0 Å². The predicted octanol–water partition coefficient (Wildman–Crippen LogP) is 2.95. The summed E-state index contributed by atoms with van der Waals surface area (Å²) >= 11 is 0. The number of hydrogen-bond donors (Lipinski definition) is 2. The highest BCUT2D eigenvalue weighted by molar-refractivity contribution is 5.73. The van der Waals surface area contributed by atoms with Gasteiger partial charge in [0.1, 0.15) is 0 Å². The summed E-state index contributed by atoms with van der Waals surface area (Å²) in [5, 5.41) is 19.0. The molecular weight excluding hydrogens is 280 g/mol. The fraction of sp³-hybridized carbons (Fsp3) is 0.500. The van der Waals surface area contributed by atoms with E-state index in [-0.39, 0.29) is 29.6 Å². The maximum atomic E-state index is 10.8. The molecule has 0 spiro atoms. The quantitative estimate of drug-likeness (QED) is 0.590. The van der Waals surface area contributed by atoms with E-state index in [1.807, 2.05) is 0 Å². The summed E-state index contributed by atoms with van der Waals surface area (Å²) in [6.07, 6.45) is -1.54. The Morgan fingerprint density at radius 1 is 0.905 bits per heavy atom. The van der Waals surface area contributed by atoms with Crippen molar-refractivity contribution < 1.29 is 34.0 Å². The molecule has 0 unspecified atom stereocenters. The van der Waals surface area contributed by atoms with Gasteiger partial charge in [-0.25, -0.2) is 4.79 Å². The number of aromatic hydroxyl groups is 1. The third-order valence-electron chi connectivity index (χ3n) is 2.58. The largest absolute Gasteiger partial charge is 0.511 e. The molecular formula is C14H20O7. The minimum atomic E-state index is -1.54. The monoisotopic (exact) mass is 300 g/mol. The molecule has 0 amide bonds. The molecule has 0 aliphatic carbocycles. The van der Waals surface area contributed by atoms with Gasteiger partial charge in [0.15, 0.2) is 11.5 Å². The van der Waals surface area contributed by atoms with Gasteiger partial charge in [-0.05, 0) is 27.7 Å². The summed E-state index contributed by atoms with van der Waals surface area (Å²) < 4.78 is 21.0. The molecule has 118 valence electrons. The normalized spacial score (nSPS) is 10.1. The van der Waals surface area contributed by atoms with Crippen molar-refractivity contribution in [1.82, 2.24) is 0 Å². The molecule has 1 aromatic rings. The highest BCUT2D eigenvalue weighted by Crippen LogP contribution is 2.53. The first kappa shape index (κ1) is 16.7. The number of carbonyl (C=O) groups is 1. The van der Waals surface area contributed by atoms with E-state index < -0.39 is 11.9 Å². The van der Waals surface area contributed by atoms with Crippen LogP contribution in [0.3, 0.4) is 0 Å². The summed E-state index contributed by atoms with van der Waals surface area (Å²) in [5.41, 5.74) is 0.323. The zero-order valence-corrected chi connectivity index (χ0v) is 12.6. The second-order valence-corrected chi connectivity index (χ2v) is 3.96. The molecule has 0 radical (unpaired) electrons. The minimum Gasteiger partial charge on any atom is -0.502 e. The van der Waals surface area contributed by atoms with Crippen LogP contribution >= 0.6 is 0 Å². The summed E-state index contributed by atoms with van der Waals surface area (Å²) in [6.45, 7) is 7.78. The van der Waals surface area contributed by atoms with Gasteiger partial charge in [0.05, 0.1) is 19.8 Å². The van der Waals surface area contributed by atoms with Crippen molar-refractivity contribution in [3.63, 3.8) is 0 Å². The Balaban J connectivity index is 3.57. The van der Waals surface area contributed by atoms with Gasteiger partial charge < -0.3 is 29.2 Å². The van der Waals surface area contributed by atoms with Crippen molar-refractivity contribution in [3.8, 4) is 28.7 Å². The number of benzene rings is 1. The molecule has 7 heteroatoms. The number of ether oxygens (including phenoxy) is 4. The molecule has 0 aliphatic heterocycles. The first-order chi connectivity index (χ1) is 9.97. The number of hydrogen-bond acceptors (Lipinski definition) is 6. The molecule has 1 aromatic carbocycles. The van der Waals surface area contributed by atoms with E-state index in [9.17, 15) is 9.90 Å². The van der Waals surface area contributed by atoms with Crippen molar-refractivity contribution in [3.05, 3.63) is 5.56 Å². The topological polar surface area (TPSA) is 94.5 Å². The van der Waals surface area contributed by atoms with Crippen LogP contribution in [0.5, 0.6) is 28.7 Å². The Morgan fingerprint density at radius 2 is 1.38 bits per heavy atom. The Hall–Kier alpha value is -2.31. The van der Waals surface area contributed by atoms with E-state index in [1.165, 1.54) is 0 Å². The lowest BCUT2D eigenvalue weighted by Gasteiger charge is -2.20. The van der Waals surface area contributed by atoms with E-state index in [0.717, 1.165) is 0 Å².